The molecule has 0 bridgehead atoms. The lowest BCUT2D eigenvalue weighted by atomic mass is 10.1. The van der Waals surface area contributed by atoms with Gasteiger partial charge in [-0.3, -0.25) is 9.59 Å². The Bertz CT molecular complexity index is 1240. The number of ether oxygens (including phenoxy) is 1. The Kier molecular flexibility index (Phi) is 8.05. The largest absolute Gasteiger partial charge is 0.481 e. The molecule has 4 rings (SSSR count). The number of nitrogens with zero attached hydrogens (tertiary/aromatic N) is 2. The van der Waals surface area contributed by atoms with Crippen LogP contribution in [-0.2, 0) is 22.4 Å². The van der Waals surface area contributed by atoms with Gasteiger partial charge >= 0.3 is 11.9 Å². The SMILES string of the molecule is O=C(O)CCc1cnc(C2CCCN2C(=O)Cc2ccc(OC(=O)c3ccc(Cl)cc3)c(Cl)c2)s1. The van der Waals surface area contributed by atoms with E-state index >= 15 is 0 Å². The number of rotatable bonds is 8. The normalized spacial score (nSPS) is 15.3. The molecule has 0 radical (unpaired) electrons. The van der Waals surface area contributed by atoms with Gasteiger partial charge in [-0.05, 0) is 61.2 Å². The number of thiazole rings is 1. The number of carboxylic acid groups (broad SMARTS) is 1. The molecule has 1 aromatic heterocycles. The number of halogens is 2. The Morgan fingerprint density at radius 1 is 1.14 bits per heavy atom. The molecule has 7 nitrogen and oxygen atoms in total. The number of esters is 1. The van der Waals surface area contributed by atoms with Gasteiger partial charge < -0.3 is 14.7 Å². The van der Waals surface area contributed by atoms with Crippen molar-refractivity contribution in [2.24, 2.45) is 0 Å². The van der Waals surface area contributed by atoms with Crippen molar-refractivity contribution in [3.63, 3.8) is 0 Å². The third-order valence-corrected chi connectivity index (χ3v) is 7.35. The zero-order chi connectivity index (χ0) is 24.9. The molecule has 0 spiro atoms. The molecule has 2 aromatic carbocycles. The number of benzene rings is 2. The number of hydrogen-bond acceptors (Lipinski definition) is 6. The molecule has 3 aromatic rings. The van der Waals surface area contributed by atoms with Crippen LogP contribution in [0.1, 0.15) is 51.1 Å². The average Bonchev–Trinajstić information content (AvgIpc) is 3.49. The molecule has 1 fully saturated rings. The van der Waals surface area contributed by atoms with Crippen LogP contribution in [0.2, 0.25) is 10.0 Å². The second-order valence-corrected chi connectivity index (χ2v) is 10.1. The molecule has 35 heavy (non-hydrogen) atoms. The molecular formula is C25H22Cl2N2O5S. The number of aromatic nitrogens is 1. The van der Waals surface area contributed by atoms with Crippen molar-refractivity contribution in [2.45, 2.75) is 38.1 Å². The van der Waals surface area contributed by atoms with Crippen LogP contribution >= 0.6 is 34.5 Å². The second kappa shape index (κ2) is 11.2. The third-order valence-electron chi connectivity index (χ3n) is 5.65. The minimum Gasteiger partial charge on any atom is -0.481 e. The van der Waals surface area contributed by atoms with Gasteiger partial charge in [0.15, 0.2) is 0 Å². The average molecular weight is 533 g/mol. The quantitative estimate of drug-likeness (QED) is 0.300. The lowest BCUT2D eigenvalue weighted by molar-refractivity contribution is -0.137. The Balaban J connectivity index is 1.39. The summed E-state index contributed by atoms with van der Waals surface area (Å²) < 4.78 is 5.39. The number of aryl methyl sites for hydroxylation is 1. The molecule has 1 N–H and O–H groups in total. The predicted molar refractivity (Wildman–Crippen MR) is 133 cm³/mol. The highest BCUT2D eigenvalue weighted by Crippen LogP contribution is 2.35. The van der Waals surface area contributed by atoms with Crippen LogP contribution < -0.4 is 4.74 Å². The summed E-state index contributed by atoms with van der Waals surface area (Å²) in [5.74, 6) is -1.24. The minimum absolute atomic E-state index is 0.0447. The molecule has 1 atom stereocenters. The van der Waals surface area contributed by atoms with Gasteiger partial charge in [-0.2, -0.15) is 0 Å². The number of carboxylic acids is 1. The van der Waals surface area contributed by atoms with E-state index in [9.17, 15) is 14.4 Å². The van der Waals surface area contributed by atoms with Gasteiger partial charge in [-0.1, -0.05) is 29.3 Å². The van der Waals surface area contributed by atoms with E-state index in [0.717, 1.165) is 22.7 Å². The van der Waals surface area contributed by atoms with Crippen molar-refractivity contribution >= 4 is 52.4 Å². The smallest absolute Gasteiger partial charge is 0.343 e. The van der Waals surface area contributed by atoms with Crippen molar-refractivity contribution in [3.05, 3.63) is 79.7 Å². The lowest BCUT2D eigenvalue weighted by Gasteiger charge is -2.23. The number of amides is 1. The number of hydrogen-bond donors (Lipinski definition) is 1. The topological polar surface area (TPSA) is 96.8 Å². The number of carbonyl (C=O) groups excluding carboxylic acids is 2. The molecule has 0 aliphatic carbocycles. The van der Waals surface area contributed by atoms with E-state index in [4.69, 9.17) is 33.0 Å². The fourth-order valence-electron chi connectivity index (χ4n) is 3.90. The molecular weight excluding hydrogens is 511 g/mol. The maximum Gasteiger partial charge on any atom is 0.343 e. The maximum absolute atomic E-state index is 13.1. The van der Waals surface area contributed by atoms with E-state index in [1.165, 1.54) is 11.3 Å². The highest BCUT2D eigenvalue weighted by atomic mass is 35.5. The summed E-state index contributed by atoms with van der Waals surface area (Å²) in [5.41, 5.74) is 1.05. The molecule has 1 aliphatic heterocycles. The van der Waals surface area contributed by atoms with Crippen LogP contribution in [0.3, 0.4) is 0 Å². The van der Waals surface area contributed by atoms with Crippen LogP contribution in [0.4, 0.5) is 0 Å². The Hall–Kier alpha value is -2.94. The number of carbonyl (C=O) groups is 3. The predicted octanol–water partition coefficient (Wildman–Crippen LogP) is 5.59. The van der Waals surface area contributed by atoms with Crippen molar-refractivity contribution in [3.8, 4) is 5.75 Å². The zero-order valence-electron chi connectivity index (χ0n) is 18.6. The summed E-state index contributed by atoms with van der Waals surface area (Å²) in [5, 5.41) is 10.5. The molecule has 10 heteroatoms. The molecule has 2 heterocycles. The highest BCUT2D eigenvalue weighted by molar-refractivity contribution is 7.11. The van der Waals surface area contributed by atoms with Gasteiger partial charge in [0.25, 0.3) is 0 Å². The van der Waals surface area contributed by atoms with E-state index in [0.29, 0.717) is 29.1 Å². The van der Waals surface area contributed by atoms with Crippen molar-refractivity contribution in [2.75, 3.05) is 6.54 Å². The Labute approximate surface area is 216 Å². The van der Waals surface area contributed by atoms with Gasteiger partial charge in [-0.15, -0.1) is 11.3 Å². The third kappa shape index (κ3) is 6.39. The van der Waals surface area contributed by atoms with Crippen molar-refractivity contribution in [1.82, 2.24) is 9.88 Å². The minimum atomic E-state index is -0.845. The molecule has 0 saturated carbocycles. The van der Waals surface area contributed by atoms with E-state index in [1.807, 2.05) is 4.90 Å². The van der Waals surface area contributed by atoms with Gasteiger partial charge in [0, 0.05) is 22.6 Å². The van der Waals surface area contributed by atoms with E-state index in [2.05, 4.69) is 4.98 Å². The summed E-state index contributed by atoms with van der Waals surface area (Å²) in [6.07, 6.45) is 4.03. The second-order valence-electron chi connectivity index (χ2n) is 8.14. The molecule has 1 aliphatic rings. The van der Waals surface area contributed by atoms with Crippen LogP contribution in [0.25, 0.3) is 0 Å². The van der Waals surface area contributed by atoms with Gasteiger partial charge in [-0.25, -0.2) is 9.78 Å². The van der Waals surface area contributed by atoms with E-state index in [-0.39, 0.29) is 35.6 Å². The summed E-state index contributed by atoms with van der Waals surface area (Å²) in [6.45, 7) is 0.637. The van der Waals surface area contributed by atoms with Gasteiger partial charge in [0.2, 0.25) is 5.91 Å². The van der Waals surface area contributed by atoms with Crippen molar-refractivity contribution in [1.29, 1.82) is 0 Å². The first kappa shape index (κ1) is 25.2. The van der Waals surface area contributed by atoms with Gasteiger partial charge in [0.1, 0.15) is 10.8 Å². The van der Waals surface area contributed by atoms with Crippen LogP contribution in [0.15, 0.2) is 48.7 Å². The Morgan fingerprint density at radius 3 is 2.63 bits per heavy atom. The first-order chi connectivity index (χ1) is 16.8. The lowest BCUT2D eigenvalue weighted by Crippen LogP contribution is -2.31. The fourth-order valence-corrected chi connectivity index (χ4v) is 5.33. The standard InChI is InChI=1S/C25H22Cl2N2O5S/c26-17-6-4-16(5-7-17)25(33)34-21-9-3-15(12-19(21)27)13-22(30)29-11-1-2-20(29)24-28-14-18(35-24)8-10-23(31)32/h3-7,9,12,14,20H,1-2,8,10-11,13H2,(H,31,32). The summed E-state index contributed by atoms with van der Waals surface area (Å²) in [4.78, 5) is 43.4. The van der Waals surface area contributed by atoms with Gasteiger partial charge in [0.05, 0.1) is 29.5 Å². The highest BCUT2D eigenvalue weighted by Gasteiger charge is 2.32. The Morgan fingerprint density at radius 2 is 1.91 bits per heavy atom. The molecule has 1 saturated heterocycles. The summed E-state index contributed by atoms with van der Waals surface area (Å²) >= 11 is 13.6. The summed E-state index contributed by atoms with van der Waals surface area (Å²) in [7, 11) is 0. The molecule has 1 unspecified atom stereocenters. The zero-order valence-corrected chi connectivity index (χ0v) is 20.9. The van der Waals surface area contributed by atoms with Crippen LogP contribution in [0, 0.1) is 0 Å². The summed E-state index contributed by atoms with van der Waals surface area (Å²) in [6, 6.07) is 11.1. The van der Waals surface area contributed by atoms with E-state index in [1.54, 1.807) is 48.7 Å². The first-order valence-corrected chi connectivity index (χ1v) is 12.6. The van der Waals surface area contributed by atoms with Crippen molar-refractivity contribution < 1.29 is 24.2 Å². The fraction of sp³-hybridized carbons (Fsp3) is 0.280. The maximum atomic E-state index is 13.1. The molecule has 182 valence electrons. The monoisotopic (exact) mass is 532 g/mol. The van der Waals surface area contributed by atoms with Crippen LogP contribution in [0.5, 0.6) is 5.75 Å². The van der Waals surface area contributed by atoms with Crippen LogP contribution in [-0.4, -0.2) is 39.4 Å². The number of likely N-dealkylation sites (tertiary alicyclic amines) is 1. The number of aliphatic carboxylic acids is 1. The molecule has 1 amide bonds. The first-order valence-electron chi connectivity index (χ1n) is 11.0. The van der Waals surface area contributed by atoms with E-state index < -0.39 is 11.9 Å².